The molecule has 4 saturated carbocycles. The Morgan fingerprint density at radius 2 is 1.92 bits per heavy atom. The van der Waals surface area contributed by atoms with E-state index in [1.54, 1.807) is 24.1 Å². The number of nitrogens with zero attached hydrogens (tertiary/aromatic N) is 1. The first-order chi connectivity index (χ1) is 11.4. The van der Waals surface area contributed by atoms with Crippen LogP contribution in [0, 0.1) is 23.1 Å². The maximum absolute atomic E-state index is 13.8. The molecule has 4 aliphatic carbocycles. The van der Waals surface area contributed by atoms with Crippen molar-refractivity contribution in [3.05, 3.63) is 35.6 Å². The Balaban J connectivity index is 1.45. The lowest BCUT2D eigenvalue weighted by Crippen LogP contribution is -2.54. The molecule has 0 heterocycles. The molecule has 1 amide bonds. The first kappa shape index (κ1) is 16.6. The van der Waals surface area contributed by atoms with E-state index < -0.39 is 0 Å². The highest BCUT2D eigenvalue weighted by Crippen LogP contribution is 2.65. The van der Waals surface area contributed by atoms with Crippen LogP contribution in [0.2, 0.25) is 0 Å². The average Bonchev–Trinajstić information content (AvgIpc) is 2.46. The van der Waals surface area contributed by atoms with Crippen molar-refractivity contribution in [1.29, 1.82) is 0 Å². The lowest BCUT2D eigenvalue weighted by molar-refractivity contribution is -0.137. The highest BCUT2D eigenvalue weighted by Gasteiger charge is 2.57. The van der Waals surface area contributed by atoms with Crippen molar-refractivity contribution in [3.63, 3.8) is 0 Å². The summed E-state index contributed by atoms with van der Waals surface area (Å²) >= 11 is 4.01. The Morgan fingerprint density at radius 1 is 1.25 bits per heavy atom. The maximum Gasteiger partial charge on any atom is 0.223 e. The average molecular weight is 394 g/mol. The Labute approximate surface area is 151 Å². The number of amides is 1. The predicted molar refractivity (Wildman–Crippen MR) is 96.3 cm³/mol. The number of rotatable bonds is 4. The van der Waals surface area contributed by atoms with Gasteiger partial charge in [-0.25, -0.2) is 4.39 Å². The second-order valence-electron chi connectivity index (χ2n) is 8.63. The lowest BCUT2D eigenvalue weighted by atomic mass is 9.48. The molecule has 24 heavy (non-hydrogen) atoms. The fraction of sp³-hybridized carbons (Fsp3) is 0.650. The Bertz CT molecular complexity index is 647. The Hall–Kier alpha value is -0.900. The number of benzene rings is 1. The summed E-state index contributed by atoms with van der Waals surface area (Å²) in [6.45, 7) is 0.355. The molecule has 1 aromatic rings. The van der Waals surface area contributed by atoms with Crippen LogP contribution in [0.4, 0.5) is 4.39 Å². The first-order valence-corrected chi connectivity index (χ1v) is 9.82. The van der Waals surface area contributed by atoms with Crippen LogP contribution in [0.25, 0.3) is 0 Å². The molecule has 0 saturated heterocycles. The van der Waals surface area contributed by atoms with E-state index in [1.165, 1.54) is 38.2 Å². The minimum Gasteiger partial charge on any atom is -0.341 e. The van der Waals surface area contributed by atoms with E-state index in [-0.39, 0.29) is 21.5 Å². The van der Waals surface area contributed by atoms with Crippen LogP contribution in [0.1, 0.15) is 50.5 Å². The molecule has 0 radical (unpaired) electrons. The molecule has 1 aromatic carbocycles. The zero-order chi connectivity index (χ0) is 16.9. The fourth-order valence-electron chi connectivity index (χ4n) is 5.97. The van der Waals surface area contributed by atoms with Crippen molar-refractivity contribution >= 4 is 21.8 Å². The van der Waals surface area contributed by atoms with Crippen molar-refractivity contribution < 1.29 is 9.18 Å². The largest absolute Gasteiger partial charge is 0.341 e. The minimum absolute atomic E-state index is 0.163. The van der Waals surface area contributed by atoms with Crippen molar-refractivity contribution in [2.75, 3.05) is 7.05 Å². The fourth-order valence-corrected chi connectivity index (χ4v) is 7.48. The summed E-state index contributed by atoms with van der Waals surface area (Å²) in [5.41, 5.74) is 0.768. The van der Waals surface area contributed by atoms with Gasteiger partial charge in [0.25, 0.3) is 0 Å². The summed E-state index contributed by atoms with van der Waals surface area (Å²) in [4.78, 5) is 14.5. The normalized spacial score (nSPS) is 36.8. The molecule has 2 unspecified atom stereocenters. The van der Waals surface area contributed by atoms with E-state index >= 15 is 0 Å². The van der Waals surface area contributed by atoms with Gasteiger partial charge in [-0.1, -0.05) is 34.1 Å². The van der Waals surface area contributed by atoms with Crippen LogP contribution in [-0.2, 0) is 11.3 Å². The lowest BCUT2D eigenvalue weighted by Gasteiger charge is -2.60. The van der Waals surface area contributed by atoms with Crippen LogP contribution < -0.4 is 0 Å². The molecule has 4 aliphatic rings. The second kappa shape index (κ2) is 5.82. The van der Waals surface area contributed by atoms with Crippen molar-refractivity contribution in [3.8, 4) is 0 Å². The zero-order valence-electron chi connectivity index (χ0n) is 14.2. The van der Waals surface area contributed by atoms with Gasteiger partial charge in [-0.05, 0) is 61.8 Å². The van der Waals surface area contributed by atoms with Gasteiger partial charge in [0.2, 0.25) is 5.91 Å². The SMILES string of the molecule is CN(Cc1ccccc1F)C(=O)CC12CC3CC(CC(Br)(C3)C1)C2. The number of hydrogen-bond acceptors (Lipinski definition) is 1. The standard InChI is InChI=1S/C20H25BrFNO/c1-23(12-16-4-2-3-5-17(16)22)18(24)11-19-7-14-6-15(8-19)10-20(21,9-14)13-19/h2-5,14-15H,6-13H2,1H3. The summed E-state index contributed by atoms with van der Waals surface area (Å²) in [7, 11) is 1.80. The molecule has 4 fully saturated rings. The number of carbonyl (C=O) groups is 1. The zero-order valence-corrected chi connectivity index (χ0v) is 15.8. The van der Waals surface area contributed by atoms with Crippen LogP contribution in [-0.4, -0.2) is 22.2 Å². The van der Waals surface area contributed by atoms with Crippen LogP contribution in [0.3, 0.4) is 0 Å². The van der Waals surface area contributed by atoms with Gasteiger partial charge < -0.3 is 4.90 Å². The smallest absolute Gasteiger partial charge is 0.223 e. The van der Waals surface area contributed by atoms with Crippen molar-refractivity contribution in [1.82, 2.24) is 4.90 Å². The van der Waals surface area contributed by atoms with E-state index in [2.05, 4.69) is 15.9 Å². The summed E-state index contributed by atoms with van der Waals surface area (Å²) < 4.78 is 14.1. The third-order valence-electron chi connectivity index (χ3n) is 6.43. The van der Waals surface area contributed by atoms with Gasteiger partial charge in [-0.2, -0.15) is 0 Å². The van der Waals surface area contributed by atoms with E-state index in [4.69, 9.17) is 0 Å². The summed E-state index contributed by atoms with van der Waals surface area (Å²) in [6.07, 6.45) is 8.08. The third kappa shape index (κ3) is 3.02. The van der Waals surface area contributed by atoms with Gasteiger partial charge in [-0.3, -0.25) is 4.79 Å². The molecule has 0 aliphatic heterocycles. The van der Waals surface area contributed by atoms with Gasteiger partial charge in [0.1, 0.15) is 5.82 Å². The number of halogens is 2. The van der Waals surface area contributed by atoms with E-state index in [0.29, 0.717) is 18.5 Å². The monoisotopic (exact) mass is 393 g/mol. The van der Waals surface area contributed by atoms with Crippen LogP contribution >= 0.6 is 15.9 Å². The molecule has 2 nitrogen and oxygen atoms in total. The Kier molecular flexibility index (Phi) is 4.02. The molecule has 0 N–H and O–H groups in total. The molecule has 4 bridgehead atoms. The molecule has 0 aromatic heterocycles. The molecule has 2 atom stereocenters. The van der Waals surface area contributed by atoms with Crippen LogP contribution in [0.15, 0.2) is 24.3 Å². The summed E-state index contributed by atoms with van der Waals surface area (Å²) in [5, 5.41) is 0. The molecule has 0 spiro atoms. The summed E-state index contributed by atoms with van der Waals surface area (Å²) in [5.74, 6) is 1.51. The number of carbonyl (C=O) groups excluding carboxylic acids is 1. The molecule has 5 rings (SSSR count). The van der Waals surface area contributed by atoms with E-state index in [0.717, 1.165) is 18.3 Å². The number of alkyl halides is 1. The van der Waals surface area contributed by atoms with Crippen molar-refractivity contribution in [2.45, 2.75) is 55.8 Å². The quantitative estimate of drug-likeness (QED) is 0.665. The highest BCUT2D eigenvalue weighted by atomic mass is 79.9. The molecule has 130 valence electrons. The van der Waals surface area contributed by atoms with Crippen LogP contribution in [0.5, 0.6) is 0 Å². The third-order valence-corrected chi connectivity index (χ3v) is 7.36. The summed E-state index contributed by atoms with van der Waals surface area (Å²) in [6, 6.07) is 6.73. The van der Waals surface area contributed by atoms with Gasteiger partial charge in [0.15, 0.2) is 0 Å². The van der Waals surface area contributed by atoms with Gasteiger partial charge >= 0.3 is 0 Å². The maximum atomic E-state index is 13.8. The number of hydrogen-bond donors (Lipinski definition) is 0. The molecular formula is C20H25BrFNO. The Morgan fingerprint density at radius 3 is 2.54 bits per heavy atom. The van der Waals surface area contributed by atoms with E-state index in [9.17, 15) is 9.18 Å². The van der Waals surface area contributed by atoms with E-state index in [1.807, 2.05) is 6.07 Å². The minimum atomic E-state index is -0.230. The second-order valence-corrected chi connectivity index (χ2v) is 10.3. The van der Waals surface area contributed by atoms with Gasteiger partial charge in [-0.15, -0.1) is 0 Å². The van der Waals surface area contributed by atoms with Crippen molar-refractivity contribution in [2.24, 2.45) is 17.3 Å². The highest BCUT2D eigenvalue weighted by molar-refractivity contribution is 9.10. The topological polar surface area (TPSA) is 20.3 Å². The molecular weight excluding hydrogens is 369 g/mol. The predicted octanol–water partition coefficient (Wildman–Crippen LogP) is 4.91. The molecule has 4 heteroatoms. The van der Waals surface area contributed by atoms with Gasteiger partial charge in [0, 0.05) is 29.9 Å². The first-order valence-electron chi connectivity index (χ1n) is 9.03. The van der Waals surface area contributed by atoms with Gasteiger partial charge in [0.05, 0.1) is 0 Å².